The minimum absolute atomic E-state index is 0.0752. The number of rotatable bonds is 4. The molecule has 0 aliphatic carbocycles. The molecule has 2 N–H and O–H groups in total. The van der Waals surface area contributed by atoms with Crippen LogP contribution in [0.25, 0.3) is 21.5 Å². The minimum atomic E-state index is -0.0752. The number of benzene rings is 1. The van der Waals surface area contributed by atoms with Crippen LogP contribution in [0.2, 0.25) is 0 Å². The number of nitrogens with zero attached hydrogens (tertiary/aromatic N) is 1. The summed E-state index contributed by atoms with van der Waals surface area (Å²) in [6, 6.07) is 1.79. The van der Waals surface area contributed by atoms with E-state index in [0.29, 0.717) is 34.5 Å². The lowest BCUT2D eigenvalue weighted by molar-refractivity contribution is -0.919. The predicted molar refractivity (Wildman–Crippen MR) is 112 cm³/mol. The van der Waals surface area contributed by atoms with E-state index in [9.17, 15) is 9.90 Å². The second-order valence-electron chi connectivity index (χ2n) is 7.97. The number of hydrogen-bond donors (Lipinski definition) is 2. The highest BCUT2D eigenvalue weighted by Gasteiger charge is 2.25. The summed E-state index contributed by atoms with van der Waals surface area (Å²) < 4.78 is 5.95. The summed E-state index contributed by atoms with van der Waals surface area (Å²) in [7, 11) is 0. The van der Waals surface area contributed by atoms with E-state index in [4.69, 9.17) is 4.42 Å². The molecule has 148 valence electrons. The van der Waals surface area contributed by atoms with Crippen LogP contribution in [0.15, 0.2) is 26.9 Å². The van der Waals surface area contributed by atoms with E-state index in [0.717, 1.165) is 35.8 Å². The molecule has 0 radical (unpaired) electrons. The summed E-state index contributed by atoms with van der Waals surface area (Å²) in [6.07, 6.45) is 4.56. The average molecular weight is 400 g/mol. The molecule has 3 heterocycles. The van der Waals surface area contributed by atoms with Crippen molar-refractivity contribution in [2.45, 2.75) is 46.6 Å². The summed E-state index contributed by atoms with van der Waals surface area (Å²) in [4.78, 5) is 19.1. The maximum Gasteiger partial charge on any atom is 0.202 e. The molecule has 3 aromatic rings. The molecular weight excluding hydrogens is 372 g/mol. The van der Waals surface area contributed by atoms with E-state index in [1.54, 1.807) is 6.07 Å². The van der Waals surface area contributed by atoms with E-state index in [-0.39, 0.29) is 11.2 Å². The van der Waals surface area contributed by atoms with Crippen molar-refractivity contribution >= 4 is 22.3 Å². The Morgan fingerprint density at radius 2 is 2.11 bits per heavy atom. The van der Waals surface area contributed by atoms with Gasteiger partial charge in [0.15, 0.2) is 0 Å². The van der Waals surface area contributed by atoms with Crippen molar-refractivity contribution in [3.8, 4) is 16.3 Å². The number of piperidine rings is 1. The number of phenolic OH excluding ortho intramolecular Hbond substituents is 1. The number of aromatic nitrogens is 1. The van der Waals surface area contributed by atoms with E-state index < -0.39 is 0 Å². The number of likely N-dealkylation sites (tertiary alicyclic amines) is 1. The summed E-state index contributed by atoms with van der Waals surface area (Å²) in [6.45, 7) is 9.05. The third kappa shape index (κ3) is 3.47. The lowest BCUT2D eigenvalue weighted by atomic mass is 9.97. The van der Waals surface area contributed by atoms with Crippen molar-refractivity contribution in [3.63, 3.8) is 0 Å². The highest BCUT2D eigenvalue weighted by atomic mass is 32.1. The Labute approximate surface area is 168 Å². The Morgan fingerprint density at radius 3 is 2.75 bits per heavy atom. The molecule has 0 saturated carbocycles. The fourth-order valence-electron chi connectivity index (χ4n) is 4.05. The molecule has 0 bridgehead atoms. The van der Waals surface area contributed by atoms with Crippen LogP contribution in [0, 0.1) is 12.8 Å². The van der Waals surface area contributed by atoms with Gasteiger partial charge in [-0.25, -0.2) is 4.98 Å². The molecule has 1 aliphatic rings. The van der Waals surface area contributed by atoms with Crippen LogP contribution >= 0.6 is 11.3 Å². The molecule has 0 spiro atoms. The molecule has 4 rings (SSSR count). The largest absolute Gasteiger partial charge is 0.507 e. The number of thiazole rings is 1. The molecule has 5 nitrogen and oxygen atoms in total. The molecule has 28 heavy (non-hydrogen) atoms. The second kappa shape index (κ2) is 7.68. The first-order valence-electron chi connectivity index (χ1n) is 10.0. The van der Waals surface area contributed by atoms with Crippen molar-refractivity contribution in [3.05, 3.63) is 44.8 Å². The van der Waals surface area contributed by atoms with Crippen LogP contribution in [0.5, 0.6) is 5.75 Å². The first kappa shape index (κ1) is 19.2. The molecule has 0 amide bonds. The summed E-state index contributed by atoms with van der Waals surface area (Å²) >= 11 is 1.45. The number of aromatic hydroxyl groups is 1. The fourth-order valence-corrected chi connectivity index (χ4v) is 4.85. The zero-order valence-corrected chi connectivity index (χ0v) is 17.5. The van der Waals surface area contributed by atoms with E-state index in [1.165, 1.54) is 35.3 Å². The Balaban J connectivity index is 1.83. The van der Waals surface area contributed by atoms with Gasteiger partial charge < -0.3 is 14.4 Å². The first-order chi connectivity index (χ1) is 13.5. The van der Waals surface area contributed by atoms with Gasteiger partial charge in [-0.3, -0.25) is 4.79 Å². The van der Waals surface area contributed by atoms with Gasteiger partial charge in [-0.1, -0.05) is 13.8 Å². The van der Waals surface area contributed by atoms with Crippen molar-refractivity contribution in [1.29, 1.82) is 0 Å². The summed E-state index contributed by atoms with van der Waals surface area (Å²) in [5, 5.41) is 14.0. The second-order valence-corrected chi connectivity index (χ2v) is 8.83. The van der Waals surface area contributed by atoms with Crippen LogP contribution < -0.4 is 10.3 Å². The highest BCUT2D eigenvalue weighted by molar-refractivity contribution is 7.13. The highest BCUT2D eigenvalue weighted by Crippen LogP contribution is 2.32. The lowest BCUT2D eigenvalue weighted by Gasteiger charge is -2.27. The number of quaternary nitrogens is 1. The van der Waals surface area contributed by atoms with Crippen molar-refractivity contribution in [1.82, 2.24) is 4.98 Å². The zero-order chi connectivity index (χ0) is 19.8. The number of nitrogens with one attached hydrogen (secondary N) is 1. The average Bonchev–Trinajstić information content (AvgIpc) is 3.12. The van der Waals surface area contributed by atoms with Gasteiger partial charge >= 0.3 is 0 Å². The van der Waals surface area contributed by atoms with Crippen LogP contribution in [0.4, 0.5) is 0 Å². The van der Waals surface area contributed by atoms with Gasteiger partial charge in [-0.15, -0.1) is 11.3 Å². The monoisotopic (exact) mass is 399 g/mol. The first-order valence-corrected chi connectivity index (χ1v) is 10.9. The van der Waals surface area contributed by atoms with E-state index in [2.05, 4.69) is 11.9 Å². The summed E-state index contributed by atoms with van der Waals surface area (Å²) in [5.74, 6) is 1.04. The van der Waals surface area contributed by atoms with Gasteiger partial charge in [-0.2, -0.15) is 0 Å². The third-order valence-electron chi connectivity index (χ3n) is 5.85. The van der Waals surface area contributed by atoms with Crippen molar-refractivity contribution in [2.24, 2.45) is 5.92 Å². The zero-order valence-electron chi connectivity index (χ0n) is 16.7. The van der Waals surface area contributed by atoms with E-state index >= 15 is 0 Å². The molecular formula is C22H27N2O3S+. The quantitative estimate of drug-likeness (QED) is 0.706. The van der Waals surface area contributed by atoms with Gasteiger partial charge in [0.1, 0.15) is 29.1 Å². The lowest BCUT2D eigenvalue weighted by Crippen LogP contribution is -3.11. The van der Waals surface area contributed by atoms with Crippen LogP contribution in [0.3, 0.4) is 0 Å². The van der Waals surface area contributed by atoms with Gasteiger partial charge in [0, 0.05) is 11.1 Å². The molecule has 1 aliphatic heterocycles. The van der Waals surface area contributed by atoms with E-state index in [1.807, 2.05) is 19.2 Å². The maximum absolute atomic E-state index is 13.2. The van der Waals surface area contributed by atoms with Crippen LogP contribution in [-0.2, 0) is 13.0 Å². The van der Waals surface area contributed by atoms with Gasteiger partial charge in [0.25, 0.3) is 0 Å². The number of phenols is 1. The van der Waals surface area contributed by atoms with Crippen LogP contribution in [-0.4, -0.2) is 23.2 Å². The minimum Gasteiger partial charge on any atom is -0.507 e. The summed E-state index contributed by atoms with van der Waals surface area (Å²) in [5.41, 5.74) is 3.38. The van der Waals surface area contributed by atoms with Crippen molar-refractivity contribution < 1.29 is 14.4 Å². The molecule has 0 atom stereocenters. The molecule has 1 saturated heterocycles. The number of hydrogen-bond acceptors (Lipinski definition) is 5. The molecule has 1 aromatic carbocycles. The standard InChI is InChI=1S/C22H26N2O3S/c1-4-15-9-16-20(26)18(22-23-14(3)12-28-22)11-27-21(16)17(19(15)25)10-24-7-5-13(2)6-8-24/h9,11-13,25H,4-8,10H2,1-3H3/p+1. The Morgan fingerprint density at radius 1 is 1.36 bits per heavy atom. The molecule has 2 aromatic heterocycles. The third-order valence-corrected chi connectivity index (χ3v) is 6.84. The Hall–Kier alpha value is -2.18. The maximum atomic E-state index is 13.2. The van der Waals surface area contributed by atoms with Gasteiger partial charge in [0.05, 0.1) is 29.6 Å². The molecule has 1 fully saturated rings. The number of fused-ring (bicyclic) bond motifs is 1. The Bertz CT molecular complexity index is 1060. The smallest absolute Gasteiger partial charge is 0.202 e. The topological polar surface area (TPSA) is 67.8 Å². The normalized spacial score (nSPS) is 20.0. The van der Waals surface area contributed by atoms with Crippen LogP contribution in [0.1, 0.15) is 43.5 Å². The molecule has 0 unspecified atom stereocenters. The van der Waals surface area contributed by atoms with Gasteiger partial charge in [0.2, 0.25) is 5.43 Å². The fraction of sp³-hybridized carbons (Fsp3) is 0.455. The van der Waals surface area contributed by atoms with Crippen molar-refractivity contribution in [2.75, 3.05) is 13.1 Å². The Kier molecular flexibility index (Phi) is 5.25. The molecule has 6 heteroatoms. The predicted octanol–water partition coefficient (Wildman–Crippen LogP) is 3.31. The SMILES string of the molecule is CCc1cc2c(=O)c(-c3nc(C)cs3)coc2c(C[NH+]2CCC(C)CC2)c1O. The van der Waals surface area contributed by atoms with Gasteiger partial charge in [-0.05, 0) is 43.7 Å². The number of aryl methyl sites for hydroxylation is 2.